The molecule has 0 saturated carbocycles. The van der Waals surface area contributed by atoms with Crippen LogP contribution in [0.15, 0.2) is 59.0 Å². The molecule has 3 fully saturated rings. The Bertz CT molecular complexity index is 1400. The molecule has 5 rings (SSSR count). The van der Waals surface area contributed by atoms with Gasteiger partial charge in [-0.15, -0.1) is 0 Å². The number of hydrogen-bond acceptors (Lipinski definition) is 9. The van der Waals surface area contributed by atoms with Crippen molar-refractivity contribution in [2.75, 3.05) is 72.3 Å². The Morgan fingerprint density at radius 2 is 1.61 bits per heavy atom. The molecule has 1 atom stereocenters. The van der Waals surface area contributed by atoms with E-state index >= 15 is 0 Å². The number of amides is 1. The summed E-state index contributed by atoms with van der Waals surface area (Å²) in [5, 5.41) is 11.5. The van der Waals surface area contributed by atoms with E-state index in [0.717, 1.165) is 13.1 Å². The topological polar surface area (TPSA) is 126 Å². The van der Waals surface area contributed by atoms with Crippen LogP contribution >= 0.6 is 0 Å². The van der Waals surface area contributed by atoms with Crippen LogP contribution in [0.1, 0.15) is 24.1 Å². The van der Waals surface area contributed by atoms with Gasteiger partial charge in [-0.3, -0.25) is 14.5 Å². The van der Waals surface area contributed by atoms with Crippen LogP contribution in [0.4, 0.5) is 0 Å². The molecular weight excluding hydrogens is 550 g/mol. The molecule has 220 valence electrons. The number of nitrogens with zero attached hydrogens (tertiary/aromatic N) is 3. The van der Waals surface area contributed by atoms with Crippen LogP contribution < -0.4 is 4.74 Å². The SMILES string of the molecule is CCOc1ccc([C@@H]2C(=C(O)c3cccc(S(=O)(=O)N4CCOCC4)c3)C(=O)C(=O)N2CCN2CCOCC2)cc1. The van der Waals surface area contributed by atoms with Gasteiger partial charge in [0.2, 0.25) is 10.0 Å². The Hall–Kier alpha value is -3.29. The van der Waals surface area contributed by atoms with Crippen LogP contribution in [0.2, 0.25) is 0 Å². The summed E-state index contributed by atoms with van der Waals surface area (Å²) >= 11 is 0. The largest absolute Gasteiger partial charge is 0.507 e. The van der Waals surface area contributed by atoms with E-state index in [1.165, 1.54) is 33.5 Å². The highest BCUT2D eigenvalue weighted by Crippen LogP contribution is 2.40. The van der Waals surface area contributed by atoms with Crippen molar-refractivity contribution in [3.05, 3.63) is 65.2 Å². The van der Waals surface area contributed by atoms with Crippen LogP contribution in [0.25, 0.3) is 5.76 Å². The molecule has 12 heteroatoms. The van der Waals surface area contributed by atoms with Crippen molar-refractivity contribution in [2.45, 2.75) is 17.9 Å². The first-order valence-electron chi connectivity index (χ1n) is 13.8. The van der Waals surface area contributed by atoms with Crippen molar-refractivity contribution in [3.8, 4) is 5.75 Å². The van der Waals surface area contributed by atoms with Gasteiger partial charge in [-0.05, 0) is 36.8 Å². The molecule has 41 heavy (non-hydrogen) atoms. The predicted molar refractivity (Wildman–Crippen MR) is 150 cm³/mol. The van der Waals surface area contributed by atoms with Crippen LogP contribution in [0.5, 0.6) is 5.75 Å². The number of sulfonamides is 1. The standard InChI is InChI=1S/C29H35N3O8S/c1-2-40-23-8-6-21(7-9-23)26-25(28(34)29(35)32(26)11-10-30-12-16-38-17-13-30)27(33)22-4-3-5-24(20-22)41(36,37)31-14-18-39-19-15-31/h3-9,20,26,33H,2,10-19H2,1H3/t26-/m1/s1. The van der Waals surface area contributed by atoms with Gasteiger partial charge in [0, 0.05) is 44.8 Å². The summed E-state index contributed by atoms with van der Waals surface area (Å²) in [7, 11) is -3.85. The lowest BCUT2D eigenvalue weighted by Crippen LogP contribution is -2.42. The summed E-state index contributed by atoms with van der Waals surface area (Å²) in [6.45, 7) is 6.88. The van der Waals surface area contributed by atoms with E-state index in [0.29, 0.717) is 50.9 Å². The highest BCUT2D eigenvalue weighted by atomic mass is 32.2. The second-order valence-electron chi connectivity index (χ2n) is 9.99. The number of Topliss-reactive ketones (excluding diaryl/α,β-unsaturated/α-hetero) is 1. The second kappa shape index (κ2) is 12.7. The van der Waals surface area contributed by atoms with E-state index in [2.05, 4.69) is 4.90 Å². The third kappa shape index (κ3) is 6.16. The Labute approximate surface area is 239 Å². The average Bonchev–Trinajstić information content (AvgIpc) is 3.26. The predicted octanol–water partition coefficient (Wildman–Crippen LogP) is 1.86. The number of rotatable bonds is 9. The molecule has 3 aliphatic heterocycles. The molecule has 1 N–H and O–H groups in total. The number of hydrogen-bond donors (Lipinski definition) is 1. The van der Waals surface area contributed by atoms with Gasteiger partial charge in [-0.25, -0.2) is 8.42 Å². The summed E-state index contributed by atoms with van der Waals surface area (Å²) in [6.07, 6.45) is 0. The quantitative estimate of drug-likeness (QED) is 0.267. The molecular formula is C29H35N3O8S. The third-order valence-corrected chi connectivity index (χ3v) is 9.42. The molecule has 0 radical (unpaired) electrons. The Morgan fingerprint density at radius 3 is 2.27 bits per heavy atom. The van der Waals surface area contributed by atoms with Gasteiger partial charge >= 0.3 is 0 Å². The summed E-state index contributed by atoms with van der Waals surface area (Å²) < 4.78 is 44.1. The minimum absolute atomic E-state index is 0.0115. The Kier molecular flexibility index (Phi) is 9.05. The van der Waals surface area contributed by atoms with Gasteiger partial charge in [-0.1, -0.05) is 24.3 Å². The minimum Gasteiger partial charge on any atom is -0.507 e. The van der Waals surface area contributed by atoms with Gasteiger partial charge in [0.25, 0.3) is 11.7 Å². The van der Waals surface area contributed by atoms with E-state index < -0.39 is 33.5 Å². The van der Waals surface area contributed by atoms with Crippen molar-refractivity contribution < 1.29 is 37.3 Å². The monoisotopic (exact) mass is 585 g/mol. The number of carbonyl (C=O) groups excluding carboxylic acids is 2. The number of likely N-dealkylation sites (tertiary alicyclic amines) is 1. The Morgan fingerprint density at radius 1 is 0.951 bits per heavy atom. The van der Waals surface area contributed by atoms with E-state index in [1.807, 2.05) is 6.92 Å². The second-order valence-corrected chi connectivity index (χ2v) is 11.9. The number of carbonyl (C=O) groups is 2. The maximum atomic E-state index is 13.5. The van der Waals surface area contributed by atoms with Gasteiger partial charge in [0.05, 0.1) is 49.5 Å². The van der Waals surface area contributed by atoms with E-state index in [-0.39, 0.29) is 35.7 Å². The van der Waals surface area contributed by atoms with Gasteiger partial charge in [-0.2, -0.15) is 4.31 Å². The average molecular weight is 586 g/mol. The molecule has 2 aromatic carbocycles. The van der Waals surface area contributed by atoms with Crippen molar-refractivity contribution in [3.63, 3.8) is 0 Å². The van der Waals surface area contributed by atoms with Gasteiger partial charge < -0.3 is 24.2 Å². The van der Waals surface area contributed by atoms with Crippen LogP contribution in [-0.2, 0) is 29.1 Å². The molecule has 2 aromatic rings. The molecule has 0 spiro atoms. The summed E-state index contributed by atoms with van der Waals surface area (Å²) in [5.74, 6) is -1.31. The maximum absolute atomic E-state index is 13.5. The fourth-order valence-corrected chi connectivity index (χ4v) is 6.79. The van der Waals surface area contributed by atoms with E-state index in [4.69, 9.17) is 14.2 Å². The molecule has 3 aliphatic rings. The molecule has 0 bridgehead atoms. The first-order valence-corrected chi connectivity index (χ1v) is 15.2. The number of benzene rings is 2. The lowest BCUT2D eigenvalue weighted by Gasteiger charge is -2.31. The number of ketones is 1. The minimum atomic E-state index is -3.85. The third-order valence-electron chi connectivity index (χ3n) is 7.52. The van der Waals surface area contributed by atoms with E-state index in [9.17, 15) is 23.1 Å². The van der Waals surface area contributed by atoms with Crippen LogP contribution in [-0.4, -0.2) is 112 Å². The van der Waals surface area contributed by atoms with E-state index in [1.54, 1.807) is 24.3 Å². The molecule has 0 aromatic heterocycles. The van der Waals surface area contributed by atoms with Crippen LogP contribution in [0.3, 0.4) is 0 Å². The van der Waals surface area contributed by atoms with Crippen molar-refractivity contribution >= 4 is 27.5 Å². The number of morpholine rings is 2. The highest BCUT2D eigenvalue weighted by Gasteiger charge is 2.46. The molecule has 11 nitrogen and oxygen atoms in total. The van der Waals surface area contributed by atoms with Gasteiger partial charge in [0.1, 0.15) is 11.5 Å². The normalized spacial score (nSPS) is 22.3. The highest BCUT2D eigenvalue weighted by molar-refractivity contribution is 7.89. The molecule has 0 aliphatic carbocycles. The number of aliphatic hydroxyl groups is 1. The number of ether oxygens (including phenoxy) is 3. The lowest BCUT2D eigenvalue weighted by molar-refractivity contribution is -0.140. The summed E-state index contributed by atoms with van der Waals surface area (Å²) in [6, 6.07) is 12.1. The smallest absolute Gasteiger partial charge is 0.295 e. The zero-order valence-electron chi connectivity index (χ0n) is 23.0. The molecule has 3 saturated heterocycles. The van der Waals surface area contributed by atoms with Crippen molar-refractivity contribution in [1.82, 2.24) is 14.1 Å². The fraction of sp³-hybridized carbons (Fsp3) is 0.448. The number of aliphatic hydroxyl groups excluding tert-OH is 1. The fourth-order valence-electron chi connectivity index (χ4n) is 5.34. The summed E-state index contributed by atoms with van der Waals surface area (Å²) in [5.41, 5.74) is 0.691. The first kappa shape index (κ1) is 29.2. The Balaban J connectivity index is 1.52. The van der Waals surface area contributed by atoms with Crippen molar-refractivity contribution in [2.24, 2.45) is 0 Å². The van der Waals surface area contributed by atoms with Crippen LogP contribution in [0, 0.1) is 0 Å². The van der Waals surface area contributed by atoms with Crippen molar-refractivity contribution in [1.29, 1.82) is 0 Å². The molecule has 1 amide bonds. The summed E-state index contributed by atoms with van der Waals surface area (Å²) in [4.78, 5) is 30.4. The zero-order chi connectivity index (χ0) is 29.0. The lowest BCUT2D eigenvalue weighted by atomic mass is 9.95. The zero-order valence-corrected chi connectivity index (χ0v) is 23.8. The maximum Gasteiger partial charge on any atom is 0.295 e. The molecule has 0 unspecified atom stereocenters. The van der Waals surface area contributed by atoms with Gasteiger partial charge in [0.15, 0.2) is 0 Å². The molecule has 3 heterocycles. The first-order chi connectivity index (χ1) is 19.8.